The SMILES string of the molecule is COc1cc2c(Cl)ccnc2cc1OCC1CCNCC1. The van der Waals surface area contributed by atoms with Gasteiger partial charge in [-0.3, -0.25) is 4.98 Å². The number of benzene rings is 1. The minimum Gasteiger partial charge on any atom is -0.493 e. The van der Waals surface area contributed by atoms with E-state index in [9.17, 15) is 0 Å². The van der Waals surface area contributed by atoms with E-state index in [0.29, 0.717) is 23.3 Å². The molecule has 1 aromatic heterocycles. The van der Waals surface area contributed by atoms with Crippen molar-refractivity contribution in [3.8, 4) is 11.5 Å². The van der Waals surface area contributed by atoms with Crippen LogP contribution >= 0.6 is 11.6 Å². The Hall–Kier alpha value is -1.52. The van der Waals surface area contributed by atoms with E-state index in [-0.39, 0.29) is 0 Å². The van der Waals surface area contributed by atoms with E-state index >= 15 is 0 Å². The lowest BCUT2D eigenvalue weighted by molar-refractivity contribution is 0.208. The lowest BCUT2D eigenvalue weighted by Gasteiger charge is -2.23. The lowest BCUT2D eigenvalue weighted by atomic mass is 9.99. The molecule has 1 fully saturated rings. The van der Waals surface area contributed by atoms with Crippen molar-refractivity contribution < 1.29 is 9.47 Å². The Morgan fingerprint density at radius 2 is 2.10 bits per heavy atom. The summed E-state index contributed by atoms with van der Waals surface area (Å²) < 4.78 is 11.4. The van der Waals surface area contributed by atoms with Crippen molar-refractivity contribution in [3.63, 3.8) is 0 Å². The van der Waals surface area contributed by atoms with E-state index in [0.717, 1.165) is 42.6 Å². The second kappa shape index (κ2) is 6.50. The molecule has 5 heteroatoms. The van der Waals surface area contributed by atoms with Crippen molar-refractivity contribution in [2.24, 2.45) is 5.92 Å². The van der Waals surface area contributed by atoms with Crippen molar-refractivity contribution in [1.29, 1.82) is 0 Å². The fourth-order valence-electron chi connectivity index (χ4n) is 2.65. The maximum absolute atomic E-state index is 6.19. The molecule has 0 aliphatic carbocycles. The van der Waals surface area contributed by atoms with Crippen LogP contribution in [-0.4, -0.2) is 31.8 Å². The summed E-state index contributed by atoms with van der Waals surface area (Å²) in [5.41, 5.74) is 0.823. The minimum atomic E-state index is 0.596. The van der Waals surface area contributed by atoms with Gasteiger partial charge in [0.05, 0.1) is 24.3 Å². The van der Waals surface area contributed by atoms with Gasteiger partial charge in [-0.2, -0.15) is 0 Å². The number of fused-ring (bicyclic) bond motifs is 1. The van der Waals surface area contributed by atoms with Gasteiger partial charge in [-0.25, -0.2) is 0 Å². The van der Waals surface area contributed by atoms with Crippen LogP contribution in [0, 0.1) is 5.92 Å². The van der Waals surface area contributed by atoms with Crippen LogP contribution in [0.3, 0.4) is 0 Å². The van der Waals surface area contributed by atoms with Crippen molar-refractivity contribution in [3.05, 3.63) is 29.4 Å². The highest BCUT2D eigenvalue weighted by Crippen LogP contribution is 2.34. The summed E-state index contributed by atoms with van der Waals surface area (Å²) >= 11 is 6.19. The molecule has 0 amide bonds. The summed E-state index contributed by atoms with van der Waals surface area (Å²) in [4.78, 5) is 4.34. The standard InChI is InChI=1S/C16H19ClN2O2/c1-20-15-8-12-13(17)4-7-19-14(12)9-16(15)21-10-11-2-5-18-6-3-11/h4,7-9,11,18H,2-3,5-6,10H2,1H3. The number of halogens is 1. The summed E-state index contributed by atoms with van der Waals surface area (Å²) in [6.45, 7) is 2.85. The van der Waals surface area contributed by atoms with Crippen LogP contribution in [0.15, 0.2) is 24.4 Å². The molecule has 4 nitrogen and oxygen atoms in total. The number of hydrogen-bond acceptors (Lipinski definition) is 4. The second-order valence-electron chi connectivity index (χ2n) is 5.32. The van der Waals surface area contributed by atoms with Gasteiger partial charge in [0, 0.05) is 17.6 Å². The molecule has 1 aliphatic heterocycles. The monoisotopic (exact) mass is 306 g/mol. The fraction of sp³-hybridized carbons (Fsp3) is 0.438. The molecule has 3 rings (SSSR count). The smallest absolute Gasteiger partial charge is 0.163 e. The average Bonchev–Trinajstić information content (AvgIpc) is 2.53. The molecule has 1 aromatic carbocycles. The quantitative estimate of drug-likeness (QED) is 0.941. The molecule has 0 unspecified atom stereocenters. The molecule has 112 valence electrons. The number of aromatic nitrogens is 1. The third-order valence-electron chi connectivity index (χ3n) is 3.91. The molecule has 21 heavy (non-hydrogen) atoms. The van der Waals surface area contributed by atoms with Crippen LogP contribution in [0.4, 0.5) is 0 Å². The Morgan fingerprint density at radius 1 is 1.29 bits per heavy atom. The topological polar surface area (TPSA) is 43.4 Å². The first-order chi connectivity index (χ1) is 10.3. The molecular weight excluding hydrogens is 288 g/mol. The maximum Gasteiger partial charge on any atom is 0.163 e. The maximum atomic E-state index is 6.19. The lowest BCUT2D eigenvalue weighted by Crippen LogP contribution is -2.30. The molecule has 0 saturated carbocycles. The Morgan fingerprint density at radius 3 is 2.86 bits per heavy atom. The highest BCUT2D eigenvalue weighted by Gasteiger charge is 2.16. The molecule has 0 radical (unpaired) electrons. The van der Waals surface area contributed by atoms with Crippen LogP contribution in [0.1, 0.15) is 12.8 Å². The zero-order chi connectivity index (χ0) is 14.7. The Bertz CT molecular complexity index is 627. The van der Waals surface area contributed by atoms with Crippen molar-refractivity contribution in [2.75, 3.05) is 26.8 Å². The number of ether oxygens (including phenoxy) is 2. The Kier molecular flexibility index (Phi) is 4.46. The highest BCUT2D eigenvalue weighted by atomic mass is 35.5. The Balaban J connectivity index is 1.83. The molecule has 1 N–H and O–H groups in total. The van der Waals surface area contributed by atoms with Crippen LogP contribution < -0.4 is 14.8 Å². The summed E-state index contributed by atoms with van der Waals surface area (Å²) in [7, 11) is 1.64. The van der Waals surface area contributed by atoms with Crippen LogP contribution in [-0.2, 0) is 0 Å². The zero-order valence-corrected chi connectivity index (χ0v) is 12.8. The Labute approximate surface area is 129 Å². The largest absolute Gasteiger partial charge is 0.493 e. The van der Waals surface area contributed by atoms with Gasteiger partial charge in [-0.15, -0.1) is 0 Å². The van der Waals surface area contributed by atoms with Gasteiger partial charge >= 0.3 is 0 Å². The summed E-state index contributed by atoms with van der Waals surface area (Å²) in [5.74, 6) is 2.03. The predicted octanol–water partition coefficient (Wildman–Crippen LogP) is 3.28. The van der Waals surface area contributed by atoms with E-state index < -0.39 is 0 Å². The first-order valence-electron chi connectivity index (χ1n) is 7.23. The van der Waals surface area contributed by atoms with Crippen molar-refractivity contribution >= 4 is 22.5 Å². The molecule has 1 aliphatic rings. The van der Waals surface area contributed by atoms with Gasteiger partial charge < -0.3 is 14.8 Å². The van der Waals surface area contributed by atoms with Crippen LogP contribution in [0.25, 0.3) is 10.9 Å². The molecule has 0 atom stereocenters. The van der Waals surface area contributed by atoms with Gasteiger partial charge in [-0.05, 0) is 44.0 Å². The number of piperidine rings is 1. The first kappa shape index (κ1) is 14.4. The molecule has 0 bridgehead atoms. The fourth-order valence-corrected chi connectivity index (χ4v) is 2.86. The summed E-state index contributed by atoms with van der Waals surface area (Å²) in [6.07, 6.45) is 4.01. The molecule has 2 aromatic rings. The zero-order valence-electron chi connectivity index (χ0n) is 12.1. The van der Waals surface area contributed by atoms with Gasteiger partial charge in [0.25, 0.3) is 0 Å². The van der Waals surface area contributed by atoms with Crippen molar-refractivity contribution in [1.82, 2.24) is 10.3 Å². The van der Waals surface area contributed by atoms with Crippen LogP contribution in [0.2, 0.25) is 5.02 Å². The third kappa shape index (κ3) is 3.22. The normalized spacial score (nSPS) is 16.1. The van der Waals surface area contributed by atoms with Gasteiger partial charge in [-0.1, -0.05) is 11.6 Å². The number of nitrogens with zero attached hydrogens (tertiary/aromatic N) is 1. The minimum absolute atomic E-state index is 0.596. The summed E-state index contributed by atoms with van der Waals surface area (Å²) in [5, 5.41) is 4.91. The van der Waals surface area contributed by atoms with E-state index in [4.69, 9.17) is 21.1 Å². The number of pyridine rings is 1. The van der Waals surface area contributed by atoms with Gasteiger partial charge in [0.2, 0.25) is 0 Å². The number of rotatable bonds is 4. The second-order valence-corrected chi connectivity index (χ2v) is 5.72. The van der Waals surface area contributed by atoms with Crippen LogP contribution in [0.5, 0.6) is 11.5 Å². The average molecular weight is 307 g/mol. The van der Waals surface area contributed by atoms with Gasteiger partial charge in [0.15, 0.2) is 11.5 Å². The third-order valence-corrected chi connectivity index (χ3v) is 4.24. The highest BCUT2D eigenvalue weighted by molar-refractivity contribution is 6.35. The molecular formula is C16H19ClN2O2. The first-order valence-corrected chi connectivity index (χ1v) is 7.61. The molecule has 0 spiro atoms. The van der Waals surface area contributed by atoms with Crippen molar-refractivity contribution in [2.45, 2.75) is 12.8 Å². The van der Waals surface area contributed by atoms with Gasteiger partial charge in [0.1, 0.15) is 0 Å². The van der Waals surface area contributed by atoms with E-state index in [2.05, 4.69) is 10.3 Å². The number of methoxy groups -OCH3 is 1. The molecule has 1 saturated heterocycles. The number of nitrogens with one attached hydrogen (secondary N) is 1. The summed E-state index contributed by atoms with van der Waals surface area (Å²) in [6, 6.07) is 5.57. The predicted molar refractivity (Wildman–Crippen MR) is 84.4 cm³/mol. The van der Waals surface area contributed by atoms with E-state index in [1.807, 2.05) is 12.1 Å². The van der Waals surface area contributed by atoms with E-state index in [1.54, 1.807) is 19.4 Å². The molecule has 2 heterocycles. The number of hydrogen-bond donors (Lipinski definition) is 1. The van der Waals surface area contributed by atoms with E-state index in [1.165, 1.54) is 0 Å².